The zero-order chi connectivity index (χ0) is 17.1. The molecular weight excluding hydrogens is 306 g/mol. The van der Waals surface area contributed by atoms with Gasteiger partial charge in [0.1, 0.15) is 17.5 Å². The summed E-state index contributed by atoms with van der Waals surface area (Å²) in [7, 11) is 3.30. The quantitative estimate of drug-likeness (QED) is 0.846. The Hall–Kier alpha value is -2.50. The molecule has 1 fully saturated rings. The molecule has 0 saturated carbocycles. The minimum atomic E-state index is -0.273. The number of benzene rings is 1. The fourth-order valence-electron chi connectivity index (χ4n) is 3.32. The van der Waals surface area contributed by atoms with Crippen LogP contribution in [-0.4, -0.2) is 41.1 Å². The summed E-state index contributed by atoms with van der Waals surface area (Å²) in [5, 5.41) is 0. The average molecular weight is 329 g/mol. The van der Waals surface area contributed by atoms with E-state index in [-0.39, 0.29) is 18.0 Å². The number of amides is 1. The van der Waals surface area contributed by atoms with E-state index < -0.39 is 0 Å². The van der Waals surface area contributed by atoms with Gasteiger partial charge >= 0.3 is 0 Å². The van der Waals surface area contributed by atoms with Crippen LogP contribution in [0.3, 0.4) is 0 Å². The molecule has 0 aliphatic carbocycles. The van der Waals surface area contributed by atoms with Crippen LogP contribution in [-0.2, 0) is 4.79 Å². The number of aromatic nitrogens is 2. The Morgan fingerprint density at radius 2 is 2.17 bits per heavy atom. The van der Waals surface area contributed by atoms with E-state index in [1.807, 2.05) is 40.8 Å². The van der Waals surface area contributed by atoms with E-state index in [1.165, 1.54) is 0 Å². The Morgan fingerprint density at radius 3 is 2.83 bits per heavy atom. The van der Waals surface area contributed by atoms with Gasteiger partial charge in [-0.2, -0.15) is 0 Å². The second-order valence-electron chi connectivity index (χ2n) is 5.98. The van der Waals surface area contributed by atoms with E-state index in [9.17, 15) is 4.79 Å². The van der Waals surface area contributed by atoms with Crippen molar-refractivity contribution >= 4 is 5.91 Å². The minimum absolute atomic E-state index is 0.00789. The smallest absolute Gasteiger partial charge is 0.245 e. The second-order valence-corrected chi connectivity index (χ2v) is 5.98. The Labute approximate surface area is 142 Å². The second kappa shape index (κ2) is 6.95. The lowest BCUT2D eigenvalue weighted by Gasteiger charge is -2.29. The van der Waals surface area contributed by atoms with Crippen LogP contribution in [0, 0.1) is 0 Å². The summed E-state index contributed by atoms with van der Waals surface area (Å²) >= 11 is 0. The molecule has 0 unspecified atom stereocenters. The number of carbonyl (C=O) groups excluding carboxylic acids is 1. The van der Waals surface area contributed by atoms with Gasteiger partial charge in [-0.05, 0) is 38.0 Å². The lowest BCUT2D eigenvalue weighted by atomic mass is 10.0. The maximum atomic E-state index is 13.0. The normalized spacial score (nSPS) is 18.5. The SMILES string of the molecule is COc1ccc(OC)c([C@H]2CCCN2C(=O)[C@@H](C)n2ccnc2)c1. The minimum Gasteiger partial charge on any atom is -0.497 e. The van der Waals surface area contributed by atoms with E-state index >= 15 is 0 Å². The van der Waals surface area contributed by atoms with Crippen molar-refractivity contribution in [1.82, 2.24) is 14.5 Å². The van der Waals surface area contributed by atoms with E-state index in [1.54, 1.807) is 26.7 Å². The Bertz CT molecular complexity index is 700. The summed E-state index contributed by atoms with van der Waals surface area (Å²) in [6.45, 7) is 2.66. The van der Waals surface area contributed by atoms with Gasteiger partial charge in [0.15, 0.2) is 0 Å². The highest BCUT2D eigenvalue weighted by atomic mass is 16.5. The number of rotatable bonds is 5. The molecule has 2 heterocycles. The first-order chi connectivity index (χ1) is 11.7. The molecule has 1 aromatic carbocycles. The molecule has 2 aromatic rings. The van der Waals surface area contributed by atoms with E-state index in [0.29, 0.717) is 0 Å². The van der Waals surface area contributed by atoms with Gasteiger partial charge < -0.3 is 18.9 Å². The van der Waals surface area contributed by atoms with Crippen LogP contribution in [0.2, 0.25) is 0 Å². The summed E-state index contributed by atoms with van der Waals surface area (Å²) < 4.78 is 12.7. The number of ether oxygens (including phenoxy) is 2. The summed E-state index contributed by atoms with van der Waals surface area (Å²) in [6, 6.07) is 5.47. The molecule has 128 valence electrons. The molecule has 6 heteroatoms. The third kappa shape index (κ3) is 2.96. The molecule has 0 radical (unpaired) electrons. The molecule has 0 N–H and O–H groups in total. The fourth-order valence-corrected chi connectivity index (χ4v) is 3.32. The van der Waals surface area contributed by atoms with Gasteiger partial charge in [0.05, 0.1) is 26.6 Å². The average Bonchev–Trinajstić information content (AvgIpc) is 3.31. The zero-order valence-corrected chi connectivity index (χ0v) is 14.3. The standard InChI is InChI=1S/C18H23N3O3/c1-13(20-10-8-19-12-20)18(22)21-9-4-5-16(21)15-11-14(23-2)6-7-17(15)24-3/h6-8,10-13,16H,4-5,9H2,1-3H3/t13-,16-/m1/s1. The Kier molecular flexibility index (Phi) is 4.74. The number of methoxy groups -OCH3 is 2. The molecule has 0 spiro atoms. The van der Waals surface area contributed by atoms with Gasteiger partial charge in [0.25, 0.3) is 0 Å². The van der Waals surface area contributed by atoms with Crippen molar-refractivity contribution in [3.63, 3.8) is 0 Å². The maximum absolute atomic E-state index is 13.0. The van der Waals surface area contributed by atoms with Crippen molar-refractivity contribution in [2.75, 3.05) is 20.8 Å². The highest BCUT2D eigenvalue weighted by molar-refractivity contribution is 5.81. The van der Waals surface area contributed by atoms with E-state index in [2.05, 4.69) is 4.98 Å². The first-order valence-electron chi connectivity index (χ1n) is 8.15. The molecule has 0 bridgehead atoms. The van der Waals surface area contributed by atoms with E-state index in [4.69, 9.17) is 9.47 Å². The number of nitrogens with zero attached hydrogens (tertiary/aromatic N) is 3. The third-order valence-electron chi connectivity index (χ3n) is 4.66. The van der Waals surface area contributed by atoms with Crippen LogP contribution in [0.4, 0.5) is 0 Å². The first-order valence-corrected chi connectivity index (χ1v) is 8.15. The third-order valence-corrected chi connectivity index (χ3v) is 4.66. The van der Waals surface area contributed by atoms with Gasteiger partial charge in [-0.3, -0.25) is 4.79 Å². The van der Waals surface area contributed by atoms with Gasteiger partial charge in [0.2, 0.25) is 5.91 Å². The topological polar surface area (TPSA) is 56.6 Å². The van der Waals surface area contributed by atoms with Gasteiger partial charge in [0, 0.05) is 24.5 Å². The monoisotopic (exact) mass is 329 g/mol. The Balaban J connectivity index is 1.89. The molecule has 1 aliphatic rings. The number of hydrogen-bond donors (Lipinski definition) is 0. The molecule has 1 amide bonds. The van der Waals surface area contributed by atoms with Crippen LogP contribution >= 0.6 is 0 Å². The zero-order valence-electron chi connectivity index (χ0n) is 14.3. The molecule has 24 heavy (non-hydrogen) atoms. The van der Waals surface area contributed by atoms with Crippen molar-refractivity contribution in [2.24, 2.45) is 0 Å². The summed E-state index contributed by atoms with van der Waals surface area (Å²) in [6.07, 6.45) is 7.09. The van der Waals surface area contributed by atoms with Crippen molar-refractivity contribution in [2.45, 2.75) is 31.8 Å². The van der Waals surface area contributed by atoms with E-state index in [0.717, 1.165) is 36.4 Å². The molecule has 6 nitrogen and oxygen atoms in total. The lowest BCUT2D eigenvalue weighted by molar-refractivity contribution is -0.135. The van der Waals surface area contributed by atoms with Crippen LogP contribution in [0.1, 0.15) is 37.4 Å². The van der Waals surface area contributed by atoms with Crippen LogP contribution in [0.25, 0.3) is 0 Å². The van der Waals surface area contributed by atoms with Gasteiger partial charge in [-0.25, -0.2) is 4.98 Å². The molecule has 3 rings (SSSR count). The molecule has 1 saturated heterocycles. The fraction of sp³-hybridized carbons (Fsp3) is 0.444. The summed E-state index contributed by atoms with van der Waals surface area (Å²) in [5.74, 6) is 1.66. The molecule has 1 aromatic heterocycles. The Morgan fingerprint density at radius 1 is 1.33 bits per heavy atom. The predicted octanol–water partition coefficient (Wildman–Crippen LogP) is 2.83. The number of hydrogen-bond acceptors (Lipinski definition) is 4. The molecule has 1 aliphatic heterocycles. The highest BCUT2D eigenvalue weighted by Gasteiger charge is 2.34. The van der Waals surface area contributed by atoms with Crippen molar-refractivity contribution in [3.05, 3.63) is 42.5 Å². The highest BCUT2D eigenvalue weighted by Crippen LogP contribution is 2.39. The van der Waals surface area contributed by atoms with Crippen LogP contribution < -0.4 is 9.47 Å². The molecular formula is C18H23N3O3. The lowest BCUT2D eigenvalue weighted by Crippen LogP contribution is -2.35. The molecule has 2 atom stereocenters. The largest absolute Gasteiger partial charge is 0.497 e. The number of likely N-dealkylation sites (tertiary alicyclic amines) is 1. The number of imidazole rings is 1. The maximum Gasteiger partial charge on any atom is 0.245 e. The van der Waals surface area contributed by atoms with Crippen molar-refractivity contribution in [3.8, 4) is 11.5 Å². The van der Waals surface area contributed by atoms with Crippen molar-refractivity contribution in [1.29, 1.82) is 0 Å². The van der Waals surface area contributed by atoms with Crippen LogP contribution in [0.15, 0.2) is 36.9 Å². The number of carbonyl (C=O) groups is 1. The first kappa shape index (κ1) is 16.4. The van der Waals surface area contributed by atoms with Crippen molar-refractivity contribution < 1.29 is 14.3 Å². The van der Waals surface area contributed by atoms with Crippen LogP contribution in [0.5, 0.6) is 11.5 Å². The predicted molar refractivity (Wildman–Crippen MR) is 90.2 cm³/mol. The summed E-state index contributed by atoms with van der Waals surface area (Å²) in [5.41, 5.74) is 1.00. The van der Waals surface area contributed by atoms with Gasteiger partial charge in [-0.15, -0.1) is 0 Å². The van der Waals surface area contributed by atoms with Gasteiger partial charge in [-0.1, -0.05) is 0 Å². The summed E-state index contributed by atoms with van der Waals surface area (Å²) in [4.78, 5) is 19.0.